The number of sulfonamides is 1. The minimum atomic E-state index is -3.81. The zero-order valence-electron chi connectivity index (χ0n) is 18.5. The Kier molecular flexibility index (Phi) is 7.43. The molecular weight excluding hydrogens is 466 g/mol. The maximum Gasteiger partial charge on any atom is 0.264 e. The number of rotatable bonds is 8. The van der Waals surface area contributed by atoms with Crippen molar-refractivity contribution in [3.8, 4) is 0 Å². The quantitative estimate of drug-likeness (QED) is 0.591. The molecule has 0 aromatic heterocycles. The van der Waals surface area contributed by atoms with Crippen LogP contribution in [0.3, 0.4) is 0 Å². The number of hydrogen-bond acceptors (Lipinski definition) is 6. The molecule has 1 N–H and O–H groups in total. The third kappa shape index (κ3) is 5.91. The molecule has 0 spiro atoms. The first-order valence-corrected chi connectivity index (χ1v) is 13.7. The molecule has 3 rings (SSSR count). The molecule has 1 heterocycles. The minimum absolute atomic E-state index is 0.0358. The summed E-state index contributed by atoms with van der Waals surface area (Å²) in [5, 5.41) is 2.67. The van der Waals surface area contributed by atoms with Crippen molar-refractivity contribution in [2.24, 2.45) is 0 Å². The Labute approximate surface area is 194 Å². The molecule has 9 nitrogen and oxygen atoms in total. The van der Waals surface area contributed by atoms with Crippen molar-refractivity contribution in [3.63, 3.8) is 0 Å². The third-order valence-corrected chi connectivity index (χ3v) is 9.05. The van der Waals surface area contributed by atoms with Gasteiger partial charge in [-0.3, -0.25) is 13.9 Å². The molecule has 1 saturated heterocycles. The smallest absolute Gasteiger partial charge is 0.264 e. The van der Waals surface area contributed by atoms with E-state index in [4.69, 9.17) is 0 Å². The van der Waals surface area contributed by atoms with Gasteiger partial charge in [0.2, 0.25) is 5.91 Å². The van der Waals surface area contributed by atoms with Crippen LogP contribution in [0.15, 0.2) is 59.5 Å². The zero-order chi connectivity index (χ0) is 24.2. The van der Waals surface area contributed by atoms with Gasteiger partial charge in [-0.2, -0.15) is 0 Å². The van der Waals surface area contributed by atoms with Crippen LogP contribution in [-0.4, -0.2) is 71.2 Å². The van der Waals surface area contributed by atoms with Gasteiger partial charge in [0, 0.05) is 25.2 Å². The summed E-state index contributed by atoms with van der Waals surface area (Å²) >= 11 is 0. The Morgan fingerprint density at radius 2 is 1.70 bits per heavy atom. The van der Waals surface area contributed by atoms with Crippen LogP contribution in [0.4, 0.5) is 5.69 Å². The van der Waals surface area contributed by atoms with Crippen LogP contribution in [0.5, 0.6) is 0 Å². The summed E-state index contributed by atoms with van der Waals surface area (Å²) in [5.74, 6) is -0.905. The van der Waals surface area contributed by atoms with Crippen LogP contribution < -0.4 is 9.62 Å². The minimum Gasteiger partial charge on any atom is -0.351 e. The highest BCUT2D eigenvalue weighted by Gasteiger charge is 2.29. The van der Waals surface area contributed by atoms with Crippen molar-refractivity contribution < 1.29 is 26.4 Å². The molecule has 0 saturated carbocycles. The van der Waals surface area contributed by atoms with Gasteiger partial charge in [0.05, 0.1) is 28.6 Å². The highest BCUT2D eigenvalue weighted by Crippen LogP contribution is 2.22. The number of anilines is 1. The number of para-hydroxylation sites is 1. The first-order chi connectivity index (χ1) is 15.5. The van der Waals surface area contributed by atoms with Crippen molar-refractivity contribution in [1.82, 2.24) is 10.2 Å². The molecule has 0 bridgehead atoms. The molecule has 11 heteroatoms. The standard InChI is InChI=1S/C22H27N3O6S2/c1-3-25(15-21(26)23-18-13-14-32(28,29)16-18)22(27)17-9-11-20(12-10-17)33(30,31)24(2)19-7-5-4-6-8-19/h4-12,18H,3,13-16H2,1-2H3,(H,23,26)/t18-/m0/s1. The van der Waals surface area contributed by atoms with Crippen LogP contribution in [0, 0.1) is 0 Å². The number of carbonyl (C=O) groups is 2. The Bertz CT molecular complexity index is 1210. The van der Waals surface area contributed by atoms with Crippen LogP contribution in [0.2, 0.25) is 0 Å². The lowest BCUT2D eigenvalue weighted by molar-refractivity contribution is -0.122. The molecule has 1 fully saturated rings. The van der Waals surface area contributed by atoms with Gasteiger partial charge >= 0.3 is 0 Å². The van der Waals surface area contributed by atoms with Crippen molar-refractivity contribution in [3.05, 3.63) is 60.2 Å². The normalized spacial score (nSPS) is 17.3. The first-order valence-electron chi connectivity index (χ1n) is 10.5. The molecule has 0 radical (unpaired) electrons. The second-order valence-electron chi connectivity index (χ2n) is 7.82. The number of nitrogens with zero attached hydrogens (tertiary/aromatic N) is 2. The van der Waals surface area contributed by atoms with E-state index in [0.717, 1.165) is 4.31 Å². The number of nitrogens with one attached hydrogen (secondary N) is 1. The fourth-order valence-corrected chi connectivity index (χ4v) is 6.44. The molecule has 0 aliphatic carbocycles. The van der Waals surface area contributed by atoms with E-state index in [1.807, 2.05) is 0 Å². The largest absolute Gasteiger partial charge is 0.351 e. The summed E-state index contributed by atoms with van der Waals surface area (Å²) in [7, 11) is -5.47. The molecule has 178 valence electrons. The summed E-state index contributed by atoms with van der Waals surface area (Å²) in [6, 6.07) is 13.7. The van der Waals surface area contributed by atoms with Crippen molar-refractivity contribution >= 4 is 37.4 Å². The number of benzene rings is 2. The predicted octanol–water partition coefficient (Wildman–Crippen LogP) is 1.28. The van der Waals surface area contributed by atoms with E-state index < -0.39 is 37.7 Å². The summed E-state index contributed by atoms with van der Waals surface area (Å²) < 4.78 is 50.1. The van der Waals surface area contributed by atoms with Gasteiger partial charge in [0.15, 0.2) is 9.84 Å². The molecule has 2 amide bonds. The van der Waals surface area contributed by atoms with Crippen LogP contribution in [0.1, 0.15) is 23.7 Å². The van der Waals surface area contributed by atoms with Gasteiger partial charge in [0.1, 0.15) is 0 Å². The van der Waals surface area contributed by atoms with Crippen LogP contribution in [0.25, 0.3) is 0 Å². The summed E-state index contributed by atoms with van der Waals surface area (Å²) in [4.78, 5) is 26.5. The Balaban J connectivity index is 1.67. The van der Waals surface area contributed by atoms with Gasteiger partial charge in [-0.1, -0.05) is 18.2 Å². The van der Waals surface area contributed by atoms with E-state index >= 15 is 0 Å². The van der Waals surface area contributed by atoms with Gasteiger partial charge in [0.25, 0.3) is 15.9 Å². The molecule has 2 aromatic rings. The van der Waals surface area contributed by atoms with E-state index in [9.17, 15) is 26.4 Å². The molecule has 1 aliphatic heterocycles. The second-order valence-corrected chi connectivity index (χ2v) is 12.0. The number of sulfone groups is 1. The highest BCUT2D eigenvalue weighted by molar-refractivity contribution is 7.92. The lowest BCUT2D eigenvalue weighted by Crippen LogP contribution is -2.44. The average molecular weight is 494 g/mol. The topological polar surface area (TPSA) is 121 Å². The lowest BCUT2D eigenvalue weighted by atomic mass is 10.2. The van der Waals surface area contributed by atoms with Gasteiger partial charge < -0.3 is 10.2 Å². The van der Waals surface area contributed by atoms with E-state index in [1.54, 1.807) is 37.3 Å². The van der Waals surface area contributed by atoms with Gasteiger partial charge in [-0.15, -0.1) is 0 Å². The van der Waals surface area contributed by atoms with Crippen LogP contribution in [-0.2, 0) is 24.7 Å². The zero-order valence-corrected chi connectivity index (χ0v) is 20.1. The fraction of sp³-hybridized carbons (Fsp3) is 0.364. The van der Waals surface area contributed by atoms with Crippen molar-refractivity contribution in [2.45, 2.75) is 24.3 Å². The maximum atomic E-state index is 12.9. The summed E-state index contributed by atoms with van der Waals surface area (Å²) in [5.41, 5.74) is 0.755. The second kappa shape index (κ2) is 9.92. The summed E-state index contributed by atoms with van der Waals surface area (Å²) in [6.07, 6.45) is 0.363. The molecule has 2 aromatic carbocycles. The SMILES string of the molecule is CCN(CC(=O)N[C@H]1CCS(=O)(=O)C1)C(=O)c1ccc(S(=O)(=O)N(C)c2ccccc2)cc1. The Morgan fingerprint density at radius 1 is 1.06 bits per heavy atom. The van der Waals surface area contributed by atoms with Gasteiger partial charge in [-0.05, 0) is 49.7 Å². The van der Waals surface area contributed by atoms with E-state index in [0.29, 0.717) is 12.1 Å². The van der Waals surface area contributed by atoms with Gasteiger partial charge in [-0.25, -0.2) is 16.8 Å². The Hall–Kier alpha value is -2.92. The van der Waals surface area contributed by atoms with Crippen molar-refractivity contribution in [1.29, 1.82) is 0 Å². The molecule has 1 atom stereocenters. The van der Waals surface area contributed by atoms with E-state index in [-0.39, 0.29) is 35.1 Å². The monoisotopic (exact) mass is 493 g/mol. The number of carbonyl (C=O) groups excluding carboxylic acids is 2. The molecular formula is C22H27N3O6S2. The van der Waals surface area contributed by atoms with Crippen LogP contribution >= 0.6 is 0 Å². The highest BCUT2D eigenvalue weighted by atomic mass is 32.2. The number of hydrogen-bond donors (Lipinski definition) is 1. The average Bonchev–Trinajstić information content (AvgIpc) is 3.14. The van der Waals surface area contributed by atoms with Crippen molar-refractivity contribution in [2.75, 3.05) is 35.9 Å². The molecule has 0 unspecified atom stereocenters. The number of amides is 2. The number of likely N-dealkylation sites (N-methyl/N-ethyl adjacent to an activating group) is 1. The first kappa shape index (κ1) is 24.7. The summed E-state index contributed by atoms with van der Waals surface area (Å²) in [6.45, 7) is 1.76. The third-order valence-electron chi connectivity index (χ3n) is 5.48. The van der Waals surface area contributed by atoms with E-state index in [2.05, 4.69) is 5.32 Å². The molecule has 1 aliphatic rings. The Morgan fingerprint density at radius 3 is 2.24 bits per heavy atom. The predicted molar refractivity (Wildman–Crippen MR) is 125 cm³/mol. The fourth-order valence-electron chi connectivity index (χ4n) is 3.57. The van der Waals surface area contributed by atoms with E-state index in [1.165, 1.54) is 36.2 Å². The maximum absolute atomic E-state index is 12.9. The molecule has 33 heavy (non-hydrogen) atoms. The lowest BCUT2D eigenvalue weighted by Gasteiger charge is -2.22.